The third-order valence-corrected chi connectivity index (χ3v) is 7.94. The van der Waals surface area contributed by atoms with E-state index in [1.807, 2.05) is 72.8 Å². The molecule has 3 unspecified atom stereocenters. The molecule has 1 aliphatic rings. The van der Waals surface area contributed by atoms with E-state index in [2.05, 4.69) is 4.98 Å². The quantitative estimate of drug-likeness (QED) is 0.273. The number of aromatic nitrogens is 2. The Kier molecular flexibility index (Phi) is 8.52. The molecule has 3 atom stereocenters. The van der Waals surface area contributed by atoms with E-state index < -0.39 is 35.0 Å². The first-order chi connectivity index (χ1) is 20.7. The monoisotopic (exact) mass is 585 g/mol. The van der Waals surface area contributed by atoms with E-state index in [4.69, 9.17) is 14.2 Å². The van der Waals surface area contributed by atoms with Crippen molar-refractivity contribution in [2.24, 2.45) is 0 Å². The molecule has 0 amide bonds. The van der Waals surface area contributed by atoms with Crippen molar-refractivity contribution < 1.29 is 24.1 Å². The van der Waals surface area contributed by atoms with Crippen molar-refractivity contribution in [1.29, 1.82) is 0 Å². The molecule has 1 saturated heterocycles. The predicted octanol–water partition coefficient (Wildman–Crippen LogP) is 2.90. The van der Waals surface area contributed by atoms with E-state index in [0.717, 1.165) is 11.1 Å². The van der Waals surface area contributed by atoms with Crippen LogP contribution >= 0.6 is 0 Å². The average molecular weight is 586 g/mol. The summed E-state index contributed by atoms with van der Waals surface area (Å²) in [4.78, 5) is 40.3. The van der Waals surface area contributed by atoms with Gasteiger partial charge in [-0.15, -0.1) is 0 Å². The van der Waals surface area contributed by atoms with Crippen molar-refractivity contribution in [3.8, 4) is 11.5 Å². The van der Waals surface area contributed by atoms with E-state index >= 15 is 0 Å². The zero-order valence-corrected chi connectivity index (χ0v) is 24.5. The Hall–Kier alpha value is -4.67. The molecule has 224 valence electrons. The summed E-state index contributed by atoms with van der Waals surface area (Å²) in [6, 6.07) is 23.3. The fourth-order valence-corrected chi connectivity index (χ4v) is 6.01. The van der Waals surface area contributed by atoms with Crippen LogP contribution in [0.3, 0.4) is 0 Å². The van der Waals surface area contributed by atoms with E-state index in [0.29, 0.717) is 17.1 Å². The molecule has 43 heavy (non-hydrogen) atoms. The average Bonchev–Trinajstić information content (AvgIpc) is 3.35. The van der Waals surface area contributed by atoms with Crippen LogP contribution < -0.4 is 25.7 Å². The molecular weight excluding hydrogens is 550 g/mol. The number of para-hydroxylation sites is 1. The van der Waals surface area contributed by atoms with Crippen molar-refractivity contribution in [1.82, 2.24) is 9.66 Å². The van der Waals surface area contributed by atoms with Crippen LogP contribution in [0.2, 0.25) is 0 Å². The van der Waals surface area contributed by atoms with E-state index in [9.17, 15) is 19.5 Å². The number of hydrogen-bond acceptors (Lipinski definition) is 8. The standard InChI is InChI=1S/C33H35N3O7/c1-21-19-35(32(40)34-31(21)39)36-25(18-27(38)29(36)22(2)37)20-43-33(23-12-7-5-8-13-23,24-14-9-6-10-15-24)26-16-11-17-28(41-3)30(26)42-4/h5-17,19,25,27,29,38H,18,20H2,1-4H3,(H,34,39,40). The van der Waals surface area contributed by atoms with Gasteiger partial charge < -0.3 is 19.3 Å². The molecule has 2 N–H and O–H groups in total. The molecule has 0 radical (unpaired) electrons. The van der Waals surface area contributed by atoms with Gasteiger partial charge in [0.25, 0.3) is 5.56 Å². The molecule has 0 bridgehead atoms. The molecule has 0 spiro atoms. The van der Waals surface area contributed by atoms with Crippen molar-refractivity contribution in [2.45, 2.75) is 44.1 Å². The molecule has 1 aliphatic heterocycles. The predicted molar refractivity (Wildman–Crippen MR) is 161 cm³/mol. The maximum absolute atomic E-state index is 13.0. The summed E-state index contributed by atoms with van der Waals surface area (Å²) in [6.45, 7) is 2.92. The smallest absolute Gasteiger partial charge is 0.347 e. The highest BCUT2D eigenvalue weighted by molar-refractivity contribution is 5.84. The number of carbonyl (C=O) groups is 1. The number of rotatable bonds is 10. The number of aromatic amines is 1. The summed E-state index contributed by atoms with van der Waals surface area (Å²) in [5.41, 5.74) is 0.0949. The van der Waals surface area contributed by atoms with Gasteiger partial charge >= 0.3 is 5.69 Å². The normalized spacial score (nSPS) is 18.4. The number of aryl methyl sites for hydroxylation is 1. The lowest BCUT2D eigenvalue weighted by Crippen LogP contribution is -2.56. The molecule has 0 saturated carbocycles. The zero-order valence-electron chi connectivity index (χ0n) is 24.5. The molecule has 5 rings (SSSR count). The van der Waals surface area contributed by atoms with Crippen LogP contribution in [0.25, 0.3) is 0 Å². The van der Waals surface area contributed by atoms with E-state index in [1.165, 1.54) is 22.8 Å². The second kappa shape index (κ2) is 12.3. The zero-order chi connectivity index (χ0) is 30.7. The molecular formula is C33H35N3O7. The van der Waals surface area contributed by atoms with Crippen molar-refractivity contribution in [3.05, 3.63) is 128 Å². The fraction of sp³-hybridized carbons (Fsp3) is 0.303. The lowest BCUT2D eigenvalue weighted by molar-refractivity contribution is -0.120. The number of ketones is 1. The van der Waals surface area contributed by atoms with Gasteiger partial charge in [-0.05, 0) is 31.0 Å². The molecule has 1 fully saturated rings. The summed E-state index contributed by atoms with van der Waals surface area (Å²) in [6.07, 6.45) is 0.456. The van der Waals surface area contributed by atoms with E-state index in [-0.39, 0.29) is 24.4 Å². The van der Waals surface area contributed by atoms with Gasteiger partial charge in [0, 0.05) is 23.7 Å². The number of aliphatic hydroxyl groups excluding tert-OH is 1. The highest BCUT2D eigenvalue weighted by Crippen LogP contribution is 2.47. The van der Waals surface area contributed by atoms with Gasteiger partial charge in [-0.1, -0.05) is 72.8 Å². The second-order valence-electron chi connectivity index (χ2n) is 10.6. The van der Waals surface area contributed by atoms with Gasteiger partial charge in [-0.3, -0.25) is 19.6 Å². The maximum Gasteiger partial charge on any atom is 0.347 e. The molecule has 1 aromatic heterocycles. The van der Waals surface area contributed by atoms with Crippen LogP contribution in [0, 0.1) is 6.92 Å². The van der Waals surface area contributed by atoms with E-state index in [1.54, 1.807) is 27.2 Å². The second-order valence-corrected chi connectivity index (χ2v) is 10.6. The number of carbonyl (C=O) groups excluding carboxylic acids is 1. The van der Waals surface area contributed by atoms with Gasteiger partial charge in [0.15, 0.2) is 17.3 Å². The van der Waals surface area contributed by atoms with Crippen molar-refractivity contribution in [2.75, 3.05) is 25.8 Å². The van der Waals surface area contributed by atoms with Gasteiger partial charge in [0.1, 0.15) is 11.6 Å². The van der Waals surface area contributed by atoms with Crippen molar-refractivity contribution in [3.63, 3.8) is 0 Å². The number of benzene rings is 3. The summed E-state index contributed by atoms with van der Waals surface area (Å²) < 4.78 is 19.8. The van der Waals surface area contributed by atoms with Crippen LogP contribution in [0.15, 0.2) is 94.6 Å². The highest BCUT2D eigenvalue weighted by Gasteiger charge is 2.47. The summed E-state index contributed by atoms with van der Waals surface area (Å²) in [7, 11) is 3.14. The first-order valence-corrected chi connectivity index (χ1v) is 14.0. The third kappa shape index (κ3) is 5.35. The van der Waals surface area contributed by atoms with Crippen LogP contribution in [-0.2, 0) is 15.1 Å². The molecule has 0 aliphatic carbocycles. The Balaban J connectivity index is 1.70. The van der Waals surface area contributed by atoms with Crippen molar-refractivity contribution >= 4 is 5.78 Å². The third-order valence-electron chi connectivity index (χ3n) is 7.94. The summed E-state index contributed by atoms with van der Waals surface area (Å²) in [5, 5.41) is 12.6. The largest absolute Gasteiger partial charge is 0.493 e. The number of H-pyrrole nitrogens is 1. The van der Waals surface area contributed by atoms with Crippen LogP contribution in [0.5, 0.6) is 11.5 Å². The number of Topliss-reactive ketones (excluding diaryl/α,β-unsaturated/α-hetero) is 1. The van der Waals surface area contributed by atoms with Gasteiger partial charge in [-0.25, -0.2) is 9.47 Å². The summed E-state index contributed by atoms with van der Waals surface area (Å²) in [5.74, 6) is 0.678. The molecule has 10 heteroatoms. The lowest BCUT2D eigenvalue weighted by Gasteiger charge is -2.39. The Bertz CT molecular complexity index is 1660. The summed E-state index contributed by atoms with van der Waals surface area (Å²) >= 11 is 0. The number of methoxy groups -OCH3 is 2. The lowest BCUT2D eigenvalue weighted by atomic mass is 9.79. The fourth-order valence-electron chi connectivity index (χ4n) is 6.01. The highest BCUT2D eigenvalue weighted by atomic mass is 16.5. The van der Waals surface area contributed by atoms with Gasteiger partial charge in [0.2, 0.25) is 0 Å². The first kappa shape index (κ1) is 29.8. The first-order valence-electron chi connectivity index (χ1n) is 14.0. The molecule has 2 heterocycles. The Morgan fingerprint density at radius 3 is 2.14 bits per heavy atom. The maximum atomic E-state index is 13.0. The van der Waals surface area contributed by atoms with Crippen LogP contribution in [0.1, 0.15) is 35.6 Å². The number of hydrogen-bond donors (Lipinski definition) is 2. The van der Waals surface area contributed by atoms with Gasteiger partial charge in [0.05, 0.1) is 33.0 Å². The minimum absolute atomic E-state index is 0.0182. The van der Waals surface area contributed by atoms with Crippen LogP contribution in [0.4, 0.5) is 0 Å². The number of ether oxygens (including phenoxy) is 3. The minimum atomic E-state index is -1.24. The SMILES string of the molecule is COc1cccc(C(OCC2CC(O)C(C(C)=O)N2n2cc(C)c(=O)[nH]c2=O)(c2ccccc2)c2ccccc2)c1OC. The number of nitrogens with zero attached hydrogens (tertiary/aromatic N) is 2. The Labute approximate surface area is 249 Å². The topological polar surface area (TPSA) is 123 Å². The Morgan fingerprint density at radius 2 is 1.58 bits per heavy atom. The molecule has 4 aromatic rings. The number of aliphatic hydroxyl groups is 1. The Morgan fingerprint density at radius 1 is 0.953 bits per heavy atom. The molecule has 10 nitrogen and oxygen atoms in total. The number of nitrogens with one attached hydrogen (secondary N) is 1. The van der Waals surface area contributed by atoms with Crippen LogP contribution in [-0.4, -0.2) is 59.6 Å². The molecule has 3 aromatic carbocycles. The minimum Gasteiger partial charge on any atom is -0.493 e. The van der Waals surface area contributed by atoms with Gasteiger partial charge in [-0.2, -0.15) is 0 Å².